The Morgan fingerprint density at radius 2 is 2.08 bits per heavy atom. The van der Waals surface area contributed by atoms with Gasteiger partial charge in [0.15, 0.2) is 0 Å². The van der Waals surface area contributed by atoms with E-state index in [0.29, 0.717) is 25.0 Å². The second kappa shape index (κ2) is 13.7. The van der Waals surface area contributed by atoms with Crippen molar-refractivity contribution < 1.29 is 13.9 Å². The minimum atomic E-state index is -0.836. The fraction of sp³-hybridized carbons (Fsp3) is 0.318. The third-order valence-electron chi connectivity index (χ3n) is 3.57. The molecule has 0 aromatic carbocycles. The van der Waals surface area contributed by atoms with Gasteiger partial charge in [0.1, 0.15) is 12.5 Å². The number of halogens is 2. The van der Waals surface area contributed by atoms with Crippen molar-refractivity contribution in [2.24, 2.45) is 4.99 Å². The molecule has 26 heavy (non-hydrogen) atoms. The maximum Gasteiger partial charge on any atom is 0.123 e. The fourth-order valence-electron chi connectivity index (χ4n) is 2.24. The zero-order valence-electron chi connectivity index (χ0n) is 15.5. The second-order valence-electron chi connectivity index (χ2n) is 5.60. The van der Waals surface area contributed by atoms with Gasteiger partial charge in [-0.3, -0.25) is 4.99 Å². The van der Waals surface area contributed by atoms with Crippen LogP contribution in [0.25, 0.3) is 0 Å². The number of dihydropyridines is 1. The van der Waals surface area contributed by atoms with E-state index >= 15 is 0 Å². The van der Waals surface area contributed by atoms with Crippen molar-refractivity contribution in [2.45, 2.75) is 33.1 Å². The summed E-state index contributed by atoms with van der Waals surface area (Å²) in [4.78, 5) is 4.54. The van der Waals surface area contributed by atoms with Gasteiger partial charge in [-0.25, -0.2) is 8.78 Å². The van der Waals surface area contributed by atoms with E-state index in [2.05, 4.69) is 24.4 Å². The van der Waals surface area contributed by atoms with Crippen molar-refractivity contribution in [2.75, 3.05) is 13.3 Å². The van der Waals surface area contributed by atoms with Gasteiger partial charge in [0.25, 0.3) is 0 Å². The summed E-state index contributed by atoms with van der Waals surface area (Å²) in [6, 6.07) is 0. The van der Waals surface area contributed by atoms with Crippen LogP contribution in [0.5, 0.6) is 0 Å². The smallest absolute Gasteiger partial charge is 0.123 e. The summed E-state index contributed by atoms with van der Waals surface area (Å²) in [6.45, 7) is 6.96. The molecule has 0 saturated heterocycles. The number of allylic oxidation sites excluding steroid dienone is 9. The van der Waals surface area contributed by atoms with Crippen LogP contribution in [0.1, 0.15) is 33.1 Å². The largest absolute Gasteiger partial charge is 0.396 e. The number of rotatable bonds is 8. The van der Waals surface area contributed by atoms with Gasteiger partial charge in [0.05, 0.1) is 5.71 Å². The molecule has 0 aliphatic carbocycles. The standard InChI is InChI=1S/C20H25F2NO.C2H2/c1-4-5-17(8-6-15(2)11-13-24)20-16(3)7-9-19(23-20)14-18(22)10-12-21;1-2/h4,6-8,10,14,24H,1,5,9,11-13H2,2-3H3;1-2H/b15-6+,17-8+,18-10+,19-14+;. The Kier molecular flexibility index (Phi) is 12.4. The normalized spacial score (nSPS) is 17.2. The number of terminal acetylenes is 1. The number of nitrogens with zero attached hydrogens (tertiary/aromatic N) is 1. The molecule has 1 N–H and O–H groups in total. The van der Waals surface area contributed by atoms with Crippen molar-refractivity contribution in [1.82, 2.24) is 0 Å². The van der Waals surface area contributed by atoms with Gasteiger partial charge in [-0.05, 0) is 50.0 Å². The van der Waals surface area contributed by atoms with Crippen LogP contribution in [0.3, 0.4) is 0 Å². The summed E-state index contributed by atoms with van der Waals surface area (Å²) in [6.07, 6.45) is 19.6. The van der Waals surface area contributed by atoms with Crippen LogP contribution < -0.4 is 0 Å². The zero-order chi connectivity index (χ0) is 19.9. The van der Waals surface area contributed by atoms with Crippen molar-refractivity contribution in [1.29, 1.82) is 0 Å². The first-order valence-electron chi connectivity index (χ1n) is 8.31. The van der Waals surface area contributed by atoms with Crippen molar-refractivity contribution in [3.8, 4) is 12.8 Å². The molecule has 2 nitrogen and oxygen atoms in total. The van der Waals surface area contributed by atoms with E-state index < -0.39 is 12.5 Å². The Hall–Kier alpha value is -2.51. The van der Waals surface area contributed by atoms with Gasteiger partial charge in [-0.15, -0.1) is 19.4 Å². The molecule has 0 aromatic heterocycles. The Balaban J connectivity index is 0.00000301. The van der Waals surface area contributed by atoms with Crippen LogP contribution in [0.4, 0.5) is 8.78 Å². The first kappa shape index (κ1) is 23.5. The fourth-order valence-corrected chi connectivity index (χ4v) is 2.24. The maximum atomic E-state index is 13.5. The highest BCUT2D eigenvalue weighted by molar-refractivity contribution is 6.13. The summed E-state index contributed by atoms with van der Waals surface area (Å²) in [5, 5.41) is 8.97. The molecule has 140 valence electrons. The second-order valence-corrected chi connectivity index (χ2v) is 5.60. The van der Waals surface area contributed by atoms with E-state index in [1.54, 1.807) is 6.08 Å². The highest BCUT2D eigenvalue weighted by Crippen LogP contribution is 2.24. The Bertz CT molecular complexity index is 674. The lowest BCUT2D eigenvalue weighted by molar-refractivity contribution is 0.299. The molecule has 0 atom stereocenters. The van der Waals surface area contributed by atoms with Gasteiger partial charge >= 0.3 is 0 Å². The average Bonchev–Trinajstić information content (AvgIpc) is 2.62. The molecule has 1 heterocycles. The first-order valence-corrected chi connectivity index (χ1v) is 8.31. The van der Waals surface area contributed by atoms with Gasteiger partial charge in [-0.1, -0.05) is 29.9 Å². The minimum absolute atomic E-state index is 0.111. The van der Waals surface area contributed by atoms with Crippen molar-refractivity contribution in [3.05, 3.63) is 71.3 Å². The molecule has 1 aliphatic rings. The first-order chi connectivity index (χ1) is 12.5. The maximum absolute atomic E-state index is 13.5. The molecule has 0 fully saturated rings. The lowest BCUT2D eigenvalue weighted by Gasteiger charge is -2.16. The molecular formula is C22H27F2NO. The number of hydrogen-bond acceptors (Lipinski definition) is 2. The number of alkyl halides is 1. The van der Waals surface area contributed by atoms with E-state index in [1.165, 1.54) is 6.08 Å². The van der Waals surface area contributed by atoms with Crippen LogP contribution >= 0.6 is 0 Å². The van der Waals surface area contributed by atoms with Gasteiger partial charge < -0.3 is 5.11 Å². The SMILES string of the molecule is C#C.C=CC/C(=C\C=C(/C)CCO)C1=N/C(=C/C(F)=C\CF)CC=C1C. The van der Waals surface area contributed by atoms with E-state index in [9.17, 15) is 8.78 Å². The van der Waals surface area contributed by atoms with Gasteiger partial charge in [-0.2, -0.15) is 0 Å². The molecule has 1 aliphatic heterocycles. The summed E-state index contributed by atoms with van der Waals surface area (Å²) in [5.74, 6) is -0.614. The molecule has 0 bridgehead atoms. The number of aliphatic hydroxyl groups is 1. The van der Waals surface area contributed by atoms with Crippen LogP contribution in [-0.2, 0) is 0 Å². The number of hydrogen-bond donors (Lipinski definition) is 1. The minimum Gasteiger partial charge on any atom is -0.396 e. The topological polar surface area (TPSA) is 32.6 Å². The molecule has 0 radical (unpaired) electrons. The molecule has 0 saturated carbocycles. The molecule has 0 amide bonds. The van der Waals surface area contributed by atoms with E-state index in [0.717, 1.165) is 28.5 Å². The summed E-state index contributed by atoms with van der Waals surface area (Å²) in [7, 11) is 0. The monoisotopic (exact) mass is 359 g/mol. The highest BCUT2D eigenvalue weighted by Gasteiger charge is 2.13. The molecular weight excluding hydrogens is 332 g/mol. The molecule has 0 unspecified atom stereocenters. The zero-order valence-corrected chi connectivity index (χ0v) is 15.5. The Morgan fingerprint density at radius 3 is 2.65 bits per heavy atom. The quantitative estimate of drug-likeness (QED) is 0.343. The van der Waals surface area contributed by atoms with Gasteiger partial charge in [0, 0.05) is 18.7 Å². The predicted octanol–water partition coefficient (Wildman–Crippen LogP) is 5.56. The number of aliphatic imine (C=N–C) groups is 1. The number of aliphatic hydroxyl groups excluding tert-OH is 1. The van der Waals surface area contributed by atoms with Crippen molar-refractivity contribution >= 4 is 5.71 Å². The average molecular weight is 359 g/mol. The summed E-state index contributed by atoms with van der Waals surface area (Å²) in [5.41, 5.74) is 4.39. The van der Waals surface area contributed by atoms with Crippen LogP contribution in [-0.4, -0.2) is 24.1 Å². The lowest BCUT2D eigenvalue weighted by atomic mass is 9.96. The third-order valence-corrected chi connectivity index (χ3v) is 3.57. The lowest BCUT2D eigenvalue weighted by Crippen LogP contribution is -2.09. The molecule has 1 rings (SSSR count). The van der Waals surface area contributed by atoms with Crippen LogP contribution in [0.15, 0.2) is 76.3 Å². The molecule has 4 heteroatoms. The molecule has 0 spiro atoms. The third kappa shape index (κ3) is 8.55. The highest BCUT2D eigenvalue weighted by atomic mass is 19.1. The van der Waals surface area contributed by atoms with E-state index in [1.807, 2.05) is 32.1 Å². The summed E-state index contributed by atoms with van der Waals surface area (Å²) < 4.78 is 25.7. The van der Waals surface area contributed by atoms with Crippen LogP contribution in [0.2, 0.25) is 0 Å². The van der Waals surface area contributed by atoms with E-state index in [4.69, 9.17) is 5.11 Å². The van der Waals surface area contributed by atoms with Crippen molar-refractivity contribution in [3.63, 3.8) is 0 Å². The summed E-state index contributed by atoms with van der Waals surface area (Å²) >= 11 is 0. The Labute approximate surface area is 155 Å². The predicted molar refractivity (Wildman–Crippen MR) is 107 cm³/mol. The Morgan fingerprint density at radius 1 is 1.38 bits per heavy atom. The van der Waals surface area contributed by atoms with E-state index in [-0.39, 0.29) is 6.61 Å². The van der Waals surface area contributed by atoms with Gasteiger partial charge in [0.2, 0.25) is 0 Å². The molecule has 0 aromatic rings. The van der Waals surface area contributed by atoms with Crippen LogP contribution in [0, 0.1) is 12.8 Å².